The molecule has 148 valence electrons. The Balaban J connectivity index is 0.00000338. The summed E-state index contributed by atoms with van der Waals surface area (Å²) in [4.78, 5) is 6.07. The molecule has 1 atom stereocenters. The molecule has 1 heterocycles. The van der Waals surface area contributed by atoms with Gasteiger partial charge in [0.15, 0.2) is 5.96 Å². The lowest BCUT2D eigenvalue weighted by molar-refractivity contribution is -0.138. The molecule has 0 spiro atoms. The van der Waals surface area contributed by atoms with Gasteiger partial charge in [0.25, 0.3) is 0 Å². The van der Waals surface area contributed by atoms with Gasteiger partial charge in [-0.25, -0.2) is 0 Å². The quantitative estimate of drug-likeness (QED) is 0.393. The molecule has 9 heteroatoms. The van der Waals surface area contributed by atoms with Crippen molar-refractivity contribution in [3.63, 3.8) is 0 Å². The van der Waals surface area contributed by atoms with E-state index < -0.39 is 11.7 Å². The third kappa shape index (κ3) is 6.19. The Morgan fingerprint density at radius 1 is 1.42 bits per heavy atom. The number of hydrogen-bond donors (Lipinski definition) is 1. The lowest BCUT2D eigenvalue weighted by Crippen LogP contribution is -2.41. The highest BCUT2D eigenvalue weighted by Gasteiger charge is 2.33. The molecule has 2 rings (SSSR count). The maximum absolute atomic E-state index is 13.3. The van der Waals surface area contributed by atoms with Gasteiger partial charge >= 0.3 is 6.18 Å². The van der Waals surface area contributed by atoms with E-state index in [9.17, 15) is 13.2 Å². The van der Waals surface area contributed by atoms with Crippen LogP contribution in [0, 0.1) is 5.92 Å². The molecular weight excluding hydrogens is 462 g/mol. The van der Waals surface area contributed by atoms with Crippen LogP contribution >= 0.6 is 24.0 Å². The van der Waals surface area contributed by atoms with Gasteiger partial charge in [0.05, 0.1) is 19.3 Å². The first-order valence-electron chi connectivity index (χ1n) is 8.08. The summed E-state index contributed by atoms with van der Waals surface area (Å²) in [7, 11) is 4.83. The van der Waals surface area contributed by atoms with Crippen molar-refractivity contribution >= 4 is 29.9 Å². The molecule has 5 nitrogen and oxygen atoms in total. The largest absolute Gasteiger partial charge is 0.497 e. The second-order valence-electron chi connectivity index (χ2n) is 6.03. The van der Waals surface area contributed by atoms with Gasteiger partial charge in [-0.2, -0.15) is 13.2 Å². The summed E-state index contributed by atoms with van der Waals surface area (Å²) in [6.45, 7) is 2.23. The number of halogens is 4. The second kappa shape index (κ2) is 10.2. The van der Waals surface area contributed by atoms with Crippen molar-refractivity contribution in [3.05, 3.63) is 29.3 Å². The molecule has 0 saturated carbocycles. The predicted molar refractivity (Wildman–Crippen MR) is 105 cm³/mol. The maximum atomic E-state index is 13.3. The smallest absolute Gasteiger partial charge is 0.416 e. The molecule has 0 radical (unpaired) electrons. The van der Waals surface area contributed by atoms with Crippen molar-refractivity contribution in [3.8, 4) is 5.75 Å². The van der Waals surface area contributed by atoms with Crippen LogP contribution in [0.4, 0.5) is 13.2 Å². The van der Waals surface area contributed by atoms with Crippen molar-refractivity contribution in [1.29, 1.82) is 0 Å². The van der Waals surface area contributed by atoms with E-state index in [1.807, 2.05) is 11.9 Å². The maximum Gasteiger partial charge on any atom is 0.416 e. The van der Waals surface area contributed by atoms with E-state index in [0.717, 1.165) is 25.6 Å². The van der Waals surface area contributed by atoms with Crippen LogP contribution in [-0.4, -0.2) is 51.8 Å². The van der Waals surface area contributed by atoms with E-state index in [2.05, 4.69) is 10.3 Å². The Hall–Kier alpha value is -1.23. The van der Waals surface area contributed by atoms with Crippen LogP contribution in [0.15, 0.2) is 23.2 Å². The van der Waals surface area contributed by atoms with Crippen LogP contribution in [0.1, 0.15) is 17.5 Å². The fraction of sp³-hybridized carbons (Fsp3) is 0.588. The summed E-state index contributed by atoms with van der Waals surface area (Å²) in [5.74, 6) is 1.14. The molecule has 1 aliphatic rings. The van der Waals surface area contributed by atoms with Gasteiger partial charge in [0.2, 0.25) is 0 Å². The van der Waals surface area contributed by atoms with E-state index >= 15 is 0 Å². The van der Waals surface area contributed by atoms with E-state index in [-0.39, 0.29) is 41.8 Å². The second-order valence-corrected chi connectivity index (χ2v) is 6.03. The summed E-state index contributed by atoms with van der Waals surface area (Å²) in [5, 5.41) is 3.00. The average molecular weight is 487 g/mol. The molecule has 1 unspecified atom stereocenters. The van der Waals surface area contributed by atoms with Crippen molar-refractivity contribution in [2.45, 2.75) is 19.1 Å². The predicted octanol–water partition coefficient (Wildman–Crippen LogP) is 3.38. The molecule has 1 saturated heterocycles. The van der Waals surface area contributed by atoms with Gasteiger partial charge in [-0.1, -0.05) is 6.07 Å². The van der Waals surface area contributed by atoms with E-state index in [1.165, 1.54) is 19.2 Å². The van der Waals surface area contributed by atoms with Crippen LogP contribution in [0.3, 0.4) is 0 Å². The number of nitrogens with zero attached hydrogens (tertiary/aromatic N) is 2. The zero-order valence-electron chi connectivity index (χ0n) is 15.1. The molecule has 1 fully saturated rings. The molecule has 1 aromatic carbocycles. The van der Waals surface area contributed by atoms with Crippen molar-refractivity contribution in [2.75, 3.05) is 41.0 Å². The van der Waals surface area contributed by atoms with Crippen LogP contribution < -0.4 is 10.1 Å². The van der Waals surface area contributed by atoms with E-state index in [1.54, 1.807) is 7.05 Å². The molecule has 26 heavy (non-hydrogen) atoms. The first-order chi connectivity index (χ1) is 11.8. The molecule has 0 bridgehead atoms. The van der Waals surface area contributed by atoms with Crippen molar-refractivity contribution in [2.24, 2.45) is 10.9 Å². The third-order valence-corrected chi connectivity index (χ3v) is 4.19. The normalized spacial score (nSPS) is 17.6. The van der Waals surface area contributed by atoms with Crippen molar-refractivity contribution in [1.82, 2.24) is 10.2 Å². The number of guanidine groups is 1. The standard InChI is InChI=1S/C17H24F3N3O2.HI/c1-21-16(23(2)10-12-6-7-25-11-12)22-9-13-4-5-14(24-3)8-15(13)17(18,19)20;/h4-5,8,12H,6-7,9-11H2,1-3H3,(H,21,22);1H. The summed E-state index contributed by atoms with van der Waals surface area (Å²) >= 11 is 0. The van der Waals surface area contributed by atoms with E-state index in [0.29, 0.717) is 18.5 Å². The van der Waals surface area contributed by atoms with Gasteiger partial charge in [0.1, 0.15) is 5.75 Å². The average Bonchev–Trinajstić information content (AvgIpc) is 3.07. The highest BCUT2D eigenvalue weighted by molar-refractivity contribution is 14.0. The number of nitrogens with one attached hydrogen (secondary N) is 1. The first-order valence-corrected chi connectivity index (χ1v) is 8.08. The van der Waals surface area contributed by atoms with Gasteiger partial charge < -0.3 is 19.7 Å². The highest BCUT2D eigenvalue weighted by atomic mass is 127. The van der Waals surface area contributed by atoms with Crippen LogP contribution in [-0.2, 0) is 17.5 Å². The van der Waals surface area contributed by atoms with Crippen LogP contribution in [0.5, 0.6) is 5.75 Å². The summed E-state index contributed by atoms with van der Waals surface area (Å²) in [5.41, 5.74) is -0.561. The summed E-state index contributed by atoms with van der Waals surface area (Å²) < 4.78 is 50.0. The minimum atomic E-state index is -4.44. The monoisotopic (exact) mass is 487 g/mol. The van der Waals surface area contributed by atoms with Crippen LogP contribution in [0.25, 0.3) is 0 Å². The topological polar surface area (TPSA) is 46.1 Å². The molecule has 1 aliphatic heterocycles. The number of alkyl halides is 3. The molecule has 1 aromatic rings. The Morgan fingerprint density at radius 2 is 2.15 bits per heavy atom. The molecule has 0 aliphatic carbocycles. The van der Waals surface area contributed by atoms with Gasteiger partial charge in [-0.3, -0.25) is 4.99 Å². The Kier molecular flexibility index (Phi) is 8.94. The fourth-order valence-electron chi connectivity index (χ4n) is 2.86. The molecule has 0 amide bonds. The zero-order chi connectivity index (χ0) is 18.4. The Morgan fingerprint density at radius 3 is 2.69 bits per heavy atom. The molecule has 0 aromatic heterocycles. The lowest BCUT2D eigenvalue weighted by Gasteiger charge is -2.25. The summed E-state index contributed by atoms with van der Waals surface area (Å²) in [6.07, 6.45) is -3.46. The fourth-order valence-corrected chi connectivity index (χ4v) is 2.86. The third-order valence-electron chi connectivity index (χ3n) is 4.19. The van der Waals surface area contributed by atoms with Crippen molar-refractivity contribution < 1.29 is 22.6 Å². The number of methoxy groups -OCH3 is 1. The molecule has 1 N–H and O–H groups in total. The van der Waals surface area contributed by atoms with E-state index in [4.69, 9.17) is 9.47 Å². The Bertz CT molecular complexity index is 605. The number of ether oxygens (including phenoxy) is 2. The highest BCUT2D eigenvalue weighted by Crippen LogP contribution is 2.34. The number of benzene rings is 1. The molecular formula is C17H25F3IN3O2. The van der Waals surface area contributed by atoms with Gasteiger partial charge in [-0.05, 0) is 24.1 Å². The summed E-state index contributed by atoms with van der Waals surface area (Å²) in [6, 6.07) is 3.96. The van der Waals surface area contributed by atoms with Gasteiger partial charge in [-0.15, -0.1) is 24.0 Å². The van der Waals surface area contributed by atoms with Gasteiger partial charge in [0, 0.05) is 39.7 Å². The minimum absolute atomic E-state index is 0. The SMILES string of the molecule is CN=C(NCc1ccc(OC)cc1C(F)(F)F)N(C)CC1CCOC1.I. The Labute approximate surface area is 169 Å². The zero-order valence-corrected chi connectivity index (χ0v) is 17.4. The van der Waals surface area contributed by atoms with Crippen LogP contribution in [0.2, 0.25) is 0 Å². The first kappa shape index (κ1) is 22.8. The minimum Gasteiger partial charge on any atom is -0.497 e. The number of rotatable bonds is 5. The number of hydrogen-bond acceptors (Lipinski definition) is 3. The number of aliphatic imine (C=N–C) groups is 1. The lowest BCUT2D eigenvalue weighted by atomic mass is 10.1.